The summed E-state index contributed by atoms with van der Waals surface area (Å²) in [7, 11) is 2.27. The molecule has 144 valence electrons. The summed E-state index contributed by atoms with van der Waals surface area (Å²) in [5, 5.41) is 0. The van der Waals surface area contributed by atoms with Crippen LogP contribution in [-0.4, -0.2) is 73.6 Å². The van der Waals surface area contributed by atoms with Gasteiger partial charge in [-0.1, -0.05) is 20.3 Å². The first kappa shape index (κ1) is 18.3. The third-order valence-electron chi connectivity index (χ3n) is 8.18. The number of likely N-dealkylation sites (tertiary alicyclic amines) is 1. The van der Waals surface area contributed by atoms with Crippen molar-refractivity contribution in [3.05, 3.63) is 0 Å². The molecule has 2 aliphatic carbocycles. The van der Waals surface area contributed by atoms with Crippen molar-refractivity contribution in [2.24, 2.45) is 16.7 Å². The van der Waals surface area contributed by atoms with Crippen LogP contribution in [0.25, 0.3) is 0 Å². The van der Waals surface area contributed by atoms with E-state index in [-0.39, 0.29) is 0 Å². The predicted octanol–water partition coefficient (Wildman–Crippen LogP) is 3.69. The number of piperazine rings is 1. The topological polar surface area (TPSA) is 9.72 Å². The van der Waals surface area contributed by atoms with Gasteiger partial charge in [0.05, 0.1) is 0 Å². The lowest BCUT2D eigenvalue weighted by Gasteiger charge is -2.55. The molecule has 0 N–H and O–H groups in total. The highest BCUT2D eigenvalue weighted by atomic mass is 15.3. The molecule has 0 aromatic heterocycles. The minimum absolute atomic E-state index is 0.718. The summed E-state index contributed by atoms with van der Waals surface area (Å²) in [6.07, 6.45) is 11.8. The fraction of sp³-hybridized carbons (Fsp3) is 1.00. The maximum Gasteiger partial charge on any atom is 0.0113 e. The van der Waals surface area contributed by atoms with Crippen LogP contribution in [0.4, 0.5) is 0 Å². The normalized spacial score (nSPS) is 31.8. The number of hydrogen-bond acceptors (Lipinski definition) is 3. The van der Waals surface area contributed by atoms with Crippen molar-refractivity contribution in [1.82, 2.24) is 14.7 Å². The second-order valence-electron chi connectivity index (χ2n) is 10.4. The van der Waals surface area contributed by atoms with E-state index in [9.17, 15) is 0 Å². The van der Waals surface area contributed by atoms with E-state index in [1.54, 1.807) is 0 Å². The monoisotopic (exact) mass is 347 g/mol. The van der Waals surface area contributed by atoms with Gasteiger partial charge < -0.3 is 9.80 Å². The Bertz CT molecular complexity index is 434. The Labute approximate surface area is 156 Å². The highest BCUT2D eigenvalue weighted by molar-refractivity contribution is 5.04. The molecule has 1 unspecified atom stereocenters. The molecule has 0 aromatic carbocycles. The molecular weight excluding hydrogens is 306 g/mol. The van der Waals surface area contributed by atoms with Crippen LogP contribution in [0.1, 0.15) is 65.2 Å². The molecule has 2 heterocycles. The van der Waals surface area contributed by atoms with Crippen LogP contribution in [-0.2, 0) is 0 Å². The van der Waals surface area contributed by atoms with Crippen LogP contribution in [0.5, 0.6) is 0 Å². The van der Waals surface area contributed by atoms with Crippen LogP contribution in [0.2, 0.25) is 0 Å². The molecule has 25 heavy (non-hydrogen) atoms. The summed E-state index contributed by atoms with van der Waals surface area (Å²) < 4.78 is 0. The fourth-order valence-corrected chi connectivity index (χ4v) is 6.06. The van der Waals surface area contributed by atoms with Crippen LogP contribution >= 0.6 is 0 Å². The maximum atomic E-state index is 2.82. The Hall–Kier alpha value is -0.120. The lowest BCUT2D eigenvalue weighted by molar-refractivity contribution is -0.0585. The molecule has 0 aromatic rings. The van der Waals surface area contributed by atoms with E-state index in [4.69, 9.17) is 0 Å². The molecule has 3 heteroatoms. The molecule has 3 nitrogen and oxygen atoms in total. The molecule has 0 bridgehead atoms. The second-order valence-corrected chi connectivity index (χ2v) is 10.4. The van der Waals surface area contributed by atoms with Crippen molar-refractivity contribution in [2.75, 3.05) is 52.9 Å². The second kappa shape index (κ2) is 7.13. The average molecular weight is 348 g/mol. The zero-order valence-corrected chi connectivity index (χ0v) is 17.1. The van der Waals surface area contributed by atoms with Gasteiger partial charge >= 0.3 is 0 Å². The van der Waals surface area contributed by atoms with E-state index in [1.165, 1.54) is 97.2 Å². The number of likely N-dealkylation sites (N-methyl/N-ethyl adjacent to an activating group) is 1. The largest absolute Gasteiger partial charge is 0.304 e. The number of nitrogens with zero attached hydrogens (tertiary/aromatic N) is 3. The first-order valence-electron chi connectivity index (χ1n) is 11.2. The van der Waals surface area contributed by atoms with Crippen LogP contribution in [0.15, 0.2) is 0 Å². The third kappa shape index (κ3) is 4.09. The molecule has 4 aliphatic rings. The van der Waals surface area contributed by atoms with E-state index < -0.39 is 0 Å². The summed E-state index contributed by atoms with van der Waals surface area (Å²) in [6.45, 7) is 14.2. The van der Waals surface area contributed by atoms with Gasteiger partial charge in [0, 0.05) is 51.9 Å². The van der Waals surface area contributed by atoms with E-state index in [2.05, 4.69) is 35.6 Å². The standard InChI is InChI=1S/C22H41N3/c1-4-19(2)15-21(9-10-21)16-24-17-22(18-24)7-5-20(6-8-22)25-13-11-23(3)12-14-25/h19-20H,4-18H2,1-3H3. The lowest BCUT2D eigenvalue weighted by atomic mass is 9.66. The van der Waals surface area contributed by atoms with Gasteiger partial charge in [0.1, 0.15) is 0 Å². The smallest absolute Gasteiger partial charge is 0.0113 e. The molecule has 2 aliphatic heterocycles. The molecule has 4 fully saturated rings. The molecule has 2 saturated heterocycles. The molecule has 2 saturated carbocycles. The molecule has 0 radical (unpaired) electrons. The van der Waals surface area contributed by atoms with Crippen molar-refractivity contribution in [3.8, 4) is 0 Å². The van der Waals surface area contributed by atoms with Crippen LogP contribution < -0.4 is 0 Å². The van der Waals surface area contributed by atoms with Gasteiger partial charge in [-0.3, -0.25) is 4.90 Å². The average Bonchev–Trinajstić information content (AvgIpc) is 3.34. The van der Waals surface area contributed by atoms with E-state index in [0.717, 1.165) is 22.8 Å². The van der Waals surface area contributed by atoms with Crippen molar-refractivity contribution in [1.29, 1.82) is 0 Å². The van der Waals surface area contributed by atoms with Crippen LogP contribution in [0, 0.1) is 16.7 Å². The summed E-state index contributed by atoms with van der Waals surface area (Å²) in [5.74, 6) is 0.928. The van der Waals surface area contributed by atoms with Crippen molar-refractivity contribution in [3.63, 3.8) is 0 Å². The molecule has 1 spiro atoms. The van der Waals surface area contributed by atoms with Gasteiger partial charge in [0.25, 0.3) is 0 Å². The molecule has 1 atom stereocenters. The van der Waals surface area contributed by atoms with Gasteiger partial charge in [-0.05, 0) is 68.7 Å². The summed E-state index contributed by atoms with van der Waals surface area (Å²) in [4.78, 5) is 8.11. The van der Waals surface area contributed by atoms with Crippen LogP contribution in [0.3, 0.4) is 0 Å². The fourth-order valence-electron chi connectivity index (χ4n) is 6.06. The first-order valence-corrected chi connectivity index (χ1v) is 11.2. The zero-order valence-electron chi connectivity index (χ0n) is 17.1. The SMILES string of the molecule is CCC(C)CC1(CN2CC3(CCC(N4CCN(C)CC4)CC3)C2)CC1. The Balaban J connectivity index is 1.19. The van der Waals surface area contributed by atoms with Gasteiger partial charge in [0.15, 0.2) is 0 Å². The number of hydrogen-bond donors (Lipinski definition) is 0. The third-order valence-corrected chi connectivity index (χ3v) is 8.18. The minimum Gasteiger partial charge on any atom is -0.304 e. The van der Waals surface area contributed by atoms with E-state index >= 15 is 0 Å². The molecular formula is C22H41N3. The highest BCUT2D eigenvalue weighted by Gasteiger charge is 2.51. The Kier molecular flexibility index (Phi) is 5.20. The summed E-state index contributed by atoms with van der Waals surface area (Å²) in [6, 6.07) is 0.897. The van der Waals surface area contributed by atoms with Crippen molar-refractivity contribution < 1.29 is 0 Å². The first-order chi connectivity index (χ1) is 12.0. The van der Waals surface area contributed by atoms with Crippen molar-refractivity contribution >= 4 is 0 Å². The Morgan fingerprint density at radius 1 is 0.960 bits per heavy atom. The Morgan fingerprint density at radius 3 is 2.16 bits per heavy atom. The predicted molar refractivity (Wildman–Crippen MR) is 106 cm³/mol. The lowest BCUT2D eigenvalue weighted by Crippen LogP contribution is -2.60. The molecule has 4 rings (SSSR count). The van der Waals surface area contributed by atoms with Gasteiger partial charge in [-0.2, -0.15) is 0 Å². The number of rotatable bonds is 6. The van der Waals surface area contributed by atoms with Gasteiger partial charge in [-0.15, -0.1) is 0 Å². The zero-order chi connectivity index (χ0) is 17.5. The van der Waals surface area contributed by atoms with Gasteiger partial charge in [0.2, 0.25) is 0 Å². The Morgan fingerprint density at radius 2 is 1.60 bits per heavy atom. The summed E-state index contributed by atoms with van der Waals surface area (Å²) >= 11 is 0. The summed E-state index contributed by atoms with van der Waals surface area (Å²) in [5.41, 5.74) is 1.45. The van der Waals surface area contributed by atoms with E-state index in [1.807, 2.05) is 0 Å². The quantitative estimate of drug-likeness (QED) is 0.725. The van der Waals surface area contributed by atoms with Crippen molar-refractivity contribution in [2.45, 2.75) is 71.3 Å². The maximum absolute atomic E-state index is 2.82. The van der Waals surface area contributed by atoms with E-state index in [0.29, 0.717) is 0 Å². The van der Waals surface area contributed by atoms with Gasteiger partial charge in [-0.25, -0.2) is 0 Å². The minimum atomic E-state index is 0.718. The highest BCUT2D eigenvalue weighted by Crippen LogP contribution is 2.54. The molecule has 0 amide bonds.